The first-order valence-corrected chi connectivity index (χ1v) is 12.2. The van der Waals surface area contributed by atoms with Crippen LogP contribution in [0.1, 0.15) is 32.6 Å². The average molecular weight is 554 g/mol. The van der Waals surface area contributed by atoms with Gasteiger partial charge in [-0.2, -0.15) is 0 Å². The minimum absolute atomic E-state index is 0.244. The van der Waals surface area contributed by atoms with Crippen LogP contribution in [0.4, 0.5) is 4.39 Å². The largest absolute Gasteiger partial charge is 0.463 e. The lowest BCUT2D eigenvalue weighted by Crippen LogP contribution is -2.40. The van der Waals surface area contributed by atoms with Gasteiger partial charge < -0.3 is 18.9 Å². The summed E-state index contributed by atoms with van der Waals surface area (Å²) in [6, 6.07) is 6.04. The molecule has 1 aliphatic heterocycles. The van der Waals surface area contributed by atoms with Crippen LogP contribution in [-0.2, 0) is 39.9 Å². The van der Waals surface area contributed by atoms with Gasteiger partial charge in [0.25, 0.3) is 0 Å². The number of ether oxygens (including phenoxy) is 4. The number of rotatable bonds is 8. The van der Waals surface area contributed by atoms with E-state index >= 15 is 0 Å². The van der Waals surface area contributed by atoms with E-state index in [1.54, 1.807) is 23.0 Å². The van der Waals surface area contributed by atoms with Crippen molar-refractivity contribution in [3.8, 4) is 11.4 Å². The number of nitrogens with zero attached hydrogens (tertiary/aromatic N) is 7. The minimum atomic E-state index is -1.10. The highest BCUT2D eigenvalue weighted by molar-refractivity contribution is 5.85. The first-order valence-electron chi connectivity index (χ1n) is 12.2. The first-order chi connectivity index (χ1) is 19.2. The van der Waals surface area contributed by atoms with Crippen LogP contribution in [0, 0.1) is 5.82 Å². The molecule has 1 saturated heterocycles. The molecule has 0 amide bonds. The Hall–Kier alpha value is -4.79. The van der Waals surface area contributed by atoms with Gasteiger partial charge in [0, 0.05) is 20.8 Å². The lowest BCUT2D eigenvalue weighted by molar-refractivity contribution is -0.166. The summed E-state index contributed by atoms with van der Waals surface area (Å²) >= 11 is 0. The first kappa shape index (κ1) is 26.8. The van der Waals surface area contributed by atoms with Gasteiger partial charge in [0.1, 0.15) is 41.8 Å². The highest BCUT2D eigenvalue weighted by Gasteiger charge is 2.51. The van der Waals surface area contributed by atoms with Crippen molar-refractivity contribution in [3.63, 3.8) is 0 Å². The molecule has 4 atom stereocenters. The van der Waals surface area contributed by atoms with Gasteiger partial charge in [-0.15, -0.1) is 5.10 Å². The average Bonchev–Trinajstić information content (AvgIpc) is 3.62. The molecule has 5 rings (SSSR count). The number of hydrogen-bond acceptors (Lipinski definition) is 12. The predicted molar refractivity (Wildman–Crippen MR) is 131 cm³/mol. The zero-order chi connectivity index (χ0) is 28.4. The quantitative estimate of drug-likeness (QED) is 0.229. The summed E-state index contributed by atoms with van der Waals surface area (Å²) < 4.78 is 38.4. The second-order valence-corrected chi connectivity index (χ2v) is 8.99. The van der Waals surface area contributed by atoms with Crippen LogP contribution in [-0.4, -0.2) is 77.3 Å². The highest BCUT2D eigenvalue weighted by Crippen LogP contribution is 2.36. The zero-order valence-corrected chi connectivity index (χ0v) is 21.6. The molecular weight excluding hydrogens is 529 g/mol. The number of carbonyl (C=O) groups is 3. The maximum Gasteiger partial charge on any atom is 0.303 e. The molecule has 0 bridgehead atoms. The fourth-order valence-electron chi connectivity index (χ4n) is 4.40. The van der Waals surface area contributed by atoms with E-state index in [0.29, 0.717) is 29.1 Å². The summed E-state index contributed by atoms with van der Waals surface area (Å²) in [7, 11) is 0. The molecule has 4 heterocycles. The molecule has 0 spiro atoms. The fraction of sp³-hybridized carbons (Fsp3) is 0.360. The summed E-state index contributed by atoms with van der Waals surface area (Å²) in [5.41, 5.74) is 2.29. The van der Waals surface area contributed by atoms with E-state index in [-0.39, 0.29) is 12.4 Å². The van der Waals surface area contributed by atoms with E-state index in [4.69, 9.17) is 18.9 Å². The van der Waals surface area contributed by atoms with Gasteiger partial charge in [-0.25, -0.2) is 24.0 Å². The molecule has 1 aromatic carbocycles. The molecule has 0 aliphatic carbocycles. The van der Waals surface area contributed by atoms with Crippen LogP contribution in [0.2, 0.25) is 0 Å². The maximum absolute atomic E-state index is 13.2. The molecule has 0 N–H and O–H groups in total. The number of carbonyl (C=O) groups excluding carboxylic acids is 3. The van der Waals surface area contributed by atoms with Gasteiger partial charge in [0.05, 0.1) is 19.1 Å². The third-order valence-corrected chi connectivity index (χ3v) is 6.01. The Labute approximate surface area is 226 Å². The van der Waals surface area contributed by atoms with E-state index in [2.05, 4.69) is 25.3 Å². The summed E-state index contributed by atoms with van der Waals surface area (Å²) in [4.78, 5) is 48.4. The number of hydrogen-bond donors (Lipinski definition) is 0. The van der Waals surface area contributed by atoms with Crippen molar-refractivity contribution in [1.82, 2.24) is 34.5 Å². The number of imidazole rings is 1. The summed E-state index contributed by atoms with van der Waals surface area (Å²) in [5, 5.41) is 8.34. The standard InChI is InChI=1S/C25H24FN7O7/c1-13(34)37-10-19-22(38-14(2)35)23(39-15(3)36)25(40-19)33-12-29-21-20(27-11-28-24(21)33)18-9-32(31-30-18)8-16-4-6-17(26)7-5-16/h4-7,9,11-12,19,22-23,25H,8,10H2,1-3H3/t19-,22-,23-,25-/m1/s1. The molecular formula is C25H24FN7O7. The monoisotopic (exact) mass is 553 g/mol. The van der Waals surface area contributed by atoms with Crippen LogP contribution in [0.25, 0.3) is 22.6 Å². The number of esters is 3. The van der Waals surface area contributed by atoms with Crippen molar-refractivity contribution in [2.45, 2.75) is 51.9 Å². The molecule has 40 heavy (non-hydrogen) atoms. The van der Waals surface area contributed by atoms with Gasteiger partial charge in [-0.05, 0) is 17.7 Å². The fourth-order valence-corrected chi connectivity index (χ4v) is 4.40. The van der Waals surface area contributed by atoms with Crippen molar-refractivity contribution in [1.29, 1.82) is 0 Å². The summed E-state index contributed by atoms with van der Waals surface area (Å²) in [5.74, 6) is -2.17. The minimum Gasteiger partial charge on any atom is -0.463 e. The summed E-state index contributed by atoms with van der Waals surface area (Å²) in [6.45, 7) is 3.76. The van der Waals surface area contributed by atoms with Crippen molar-refractivity contribution < 1.29 is 37.7 Å². The van der Waals surface area contributed by atoms with Crippen molar-refractivity contribution >= 4 is 29.1 Å². The van der Waals surface area contributed by atoms with E-state index in [1.807, 2.05) is 0 Å². The van der Waals surface area contributed by atoms with Gasteiger partial charge in [-0.1, -0.05) is 17.3 Å². The molecule has 0 radical (unpaired) electrons. The van der Waals surface area contributed by atoms with E-state index in [1.165, 1.54) is 50.1 Å². The predicted octanol–water partition coefficient (Wildman–Crippen LogP) is 1.60. The molecule has 3 aromatic heterocycles. The van der Waals surface area contributed by atoms with Crippen LogP contribution < -0.4 is 0 Å². The Morgan fingerprint density at radius 2 is 1.70 bits per heavy atom. The van der Waals surface area contributed by atoms with Crippen LogP contribution >= 0.6 is 0 Å². The Morgan fingerprint density at radius 1 is 0.975 bits per heavy atom. The lowest BCUT2D eigenvalue weighted by Gasteiger charge is -2.23. The van der Waals surface area contributed by atoms with E-state index in [9.17, 15) is 18.8 Å². The van der Waals surface area contributed by atoms with Crippen molar-refractivity contribution in [2.75, 3.05) is 6.61 Å². The number of halogens is 1. The normalized spacial score (nSPS) is 20.4. The molecule has 0 unspecified atom stereocenters. The second kappa shape index (κ2) is 11.1. The van der Waals surface area contributed by atoms with Crippen molar-refractivity contribution in [3.05, 3.63) is 54.5 Å². The maximum atomic E-state index is 13.2. The van der Waals surface area contributed by atoms with Gasteiger partial charge in [-0.3, -0.25) is 19.0 Å². The molecule has 0 saturated carbocycles. The smallest absolute Gasteiger partial charge is 0.303 e. The molecule has 4 aromatic rings. The lowest BCUT2D eigenvalue weighted by atomic mass is 10.1. The third kappa shape index (κ3) is 5.63. The molecule has 15 heteroatoms. The van der Waals surface area contributed by atoms with Gasteiger partial charge in [0.15, 0.2) is 24.1 Å². The summed E-state index contributed by atoms with van der Waals surface area (Å²) in [6.07, 6.45) is 0.258. The Morgan fingerprint density at radius 3 is 2.40 bits per heavy atom. The third-order valence-electron chi connectivity index (χ3n) is 6.01. The number of fused-ring (bicyclic) bond motifs is 1. The van der Waals surface area contributed by atoms with Gasteiger partial charge in [0.2, 0.25) is 0 Å². The number of aromatic nitrogens is 7. The molecule has 208 valence electrons. The molecule has 1 fully saturated rings. The topological polar surface area (TPSA) is 162 Å². The van der Waals surface area contributed by atoms with Crippen molar-refractivity contribution in [2.24, 2.45) is 0 Å². The van der Waals surface area contributed by atoms with Gasteiger partial charge >= 0.3 is 17.9 Å². The highest BCUT2D eigenvalue weighted by atomic mass is 19.1. The Bertz CT molecular complexity index is 1550. The Kier molecular flexibility index (Phi) is 7.46. The van der Waals surface area contributed by atoms with Crippen LogP contribution in [0.3, 0.4) is 0 Å². The second-order valence-electron chi connectivity index (χ2n) is 8.99. The SMILES string of the molecule is CC(=O)OC[C@H]1O[C@@H](n2cnc3c(-c4cn(Cc5ccc(F)cc5)nn4)ncnc32)[C@H](OC(C)=O)[C@@H]1OC(C)=O. The van der Waals surface area contributed by atoms with E-state index < -0.39 is 42.4 Å². The van der Waals surface area contributed by atoms with E-state index in [0.717, 1.165) is 5.56 Å². The molecule has 14 nitrogen and oxygen atoms in total. The van der Waals surface area contributed by atoms with Crippen LogP contribution in [0.15, 0.2) is 43.1 Å². The zero-order valence-electron chi connectivity index (χ0n) is 21.6. The Balaban J connectivity index is 1.47. The van der Waals surface area contributed by atoms with Crippen LogP contribution in [0.5, 0.6) is 0 Å². The number of benzene rings is 1. The molecule has 1 aliphatic rings.